The summed E-state index contributed by atoms with van der Waals surface area (Å²) in [6.45, 7) is 2.03. The Bertz CT molecular complexity index is 225. The molecular formula is C11H18ClNO2. The van der Waals surface area contributed by atoms with E-state index in [4.69, 9.17) is 16.3 Å². The summed E-state index contributed by atoms with van der Waals surface area (Å²) in [5.74, 6) is 0.891. The fraction of sp³-hybridized carbons (Fsp3) is 0.909. The summed E-state index contributed by atoms with van der Waals surface area (Å²) in [6.07, 6.45) is 4.43. The van der Waals surface area contributed by atoms with Crippen LogP contribution >= 0.6 is 11.6 Å². The first-order valence-electron chi connectivity index (χ1n) is 5.77. The number of carbonyl (C=O) groups excluding carboxylic acids is 1. The lowest BCUT2D eigenvalue weighted by molar-refractivity contribution is -0.139. The molecule has 1 saturated heterocycles. The molecule has 1 unspecified atom stereocenters. The van der Waals surface area contributed by atoms with Crippen molar-refractivity contribution < 1.29 is 9.53 Å². The van der Waals surface area contributed by atoms with Gasteiger partial charge in [-0.25, -0.2) is 0 Å². The van der Waals surface area contributed by atoms with Gasteiger partial charge in [0.1, 0.15) is 0 Å². The van der Waals surface area contributed by atoms with Crippen LogP contribution in [0.1, 0.15) is 25.7 Å². The van der Waals surface area contributed by atoms with Gasteiger partial charge in [0.15, 0.2) is 0 Å². The minimum atomic E-state index is 0.0915. The molecule has 1 amide bonds. The van der Waals surface area contributed by atoms with E-state index in [1.807, 2.05) is 4.90 Å². The maximum atomic E-state index is 12.2. The monoisotopic (exact) mass is 231 g/mol. The van der Waals surface area contributed by atoms with E-state index in [0.29, 0.717) is 25.1 Å². The number of halogens is 1. The Balaban J connectivity index is 1.92. The number of rotatable bonds is 4. The molecule has 1 heterocycles. The summed E-state index contributed by atoms with van der Waals surface area (Å²) in [4.78, 5) is 14.1. The van der Waals surface area contributed by atoms with E-state index in [1.165, 1.54) is 6.42 Å². The maximum absolute atomic E-state index is 12.2. The molecule has 2 fully saturated rings. The molecule has 1 atom stereocenters. The van der Waals surface area contributed by atoms with E-state index < -0.39 is 0 Å². The highest BCUT2D eigenvalue weighted by atomic mass is 35.5. The summed E-state index contributed by atoms with van der Waals surface area (Å²) in [7, 11) is 0. The second-order valence-electron chi connectivity index (χ2n) is 4.37. The molecule has 0 aromatic heterocycles. The molecule has 3 nitrogen and oxygen atoms in total. The van der Waals surface area contributed by atoms with Crippen molar-refractivity contribution in [3.8, 4) is 0 Å². The second-order valence-corrected chi connectivity index (χ2v) is 4.74. The topological polar surface area (TPSA) is 29.5 Å². The largest absolute Gasteiger partial charge is 0.381 e. The third-order valence-corrected chi connectivity index (χ3v) is 3.57. The van der Waals surface area contributed by atoms with Crippen LogP contribution in [0.2, 0.25) is 0 Å². The minimum Gasteiger partial charge on any atom is -0.381 e. The van der Waals surface area contributed by atoms with E-state index in [2.05, 4.69) is 0 Å². The summed E-state index contributed by atoms with van der Waals surface area (Å²) >= 11 is 5.75. The first-order valence-corrected chi connectivity index (χ1v) is 6.30. The molecule has 1 saturated carbocycles. The number of alkyl halides is 1. The predicted molar refractivity (Wildman–Crippen MR) is 59.0 cm³/mol. The highest BCUT2D eigenvalue weighted by Crippen LogP contribution is 2.27. The fourth-order valence-corrected chi connectivity index (χ4v) is 2.41. The quantitative estimate of drug-likeness (QED) is 0.689. The second kappa shape index (κ2) is 5.17. The molecular weight excluding hydrogens is 214 g/mol. The van der Waals surface area contributed by atoms with Gasteiger partial charge in [-0.2, -0.15) is 0 Å². The van der Waals surface area contributed by atoms with Gasteiger partial charge in [-0.3, -0.25) is 4.79 Å². The molecule has 1 aliphatic heterocycles. The average Bonchev–Trinajstić information content (AvgIpc) is 2.66. The van der Waals surface area contributed by atoms with Crippen molar-refractivity contribution >= 4 is 17.5 Å². The number of hydrogen-bond donors (Lipinski definition) is 0. The lowest BCUT2D eigenvalue weighted by atomic mass is 9.90. The van der Waals surface area contributed by atoms with Crippen LogP contribution in [0.4, 0.5) is 0 Å². The number of carbonyl (C=O) groups is 1. The minimum absolute atomic E-state index is 0.0915. The fourth-order valence-electron chi connectivity index (χ4n) is 2.23. The molecule has 0 aromatic rings. The Labute approximate surface area is 95.7 Å². The van der Waals surface area contributed by atoms with Crippen LogP contribution in [-0.2, 0) is 9.53 Å². The van der Waals surface area contributed by atoms with E-state index in [9.17, 15) is 4.79 Å². The van der Waals surface area contributed by atoms with Crippen molar-refractivity contribution in [1.29, 1.82) is 0 Å². The van der Waals surface area contributed by atoms with Crippen molar-refractivity contribution in [2.45, 2.75) is 31.7 Å². The zero-order valence-electron chi connectivity index (χ0n) is 8.95. The van der Waals surface area contributed by atoms with E-state index in [1.54, 1.807) is 0 Å². The van der Waals surface area contributed by atoms with Crippen LogP contribution in [0.15, 0.2) is 0 Å². The van der Waals surface area contributed by atoms with Crippen molar-refractivity contribution in [3.63, 3.8) is 0 Å². The normalized spacial score (nSPS) is 26.3. The summed E-state index contributed by atoms with van der Waals surface area (Å²) in [5, 5.41) is 0. The molecule has 2 aliphatic rings. The summed E-state index contributed by atoms with van der Waals surface area (Å²) < 4.78 is 5.26. The van der Waals surface area contributed by atoms with Gasteiger partial charge in [-0.1, -0.05) is 0 Å². The molecule has 4 heteroatoms. The van der Waals surface area contributed by atoms with Gasteiger partial charge in [0, 0.05) is 25.1 Å². The van der Waals surface area contributed by atoms with Crippen LogP contribution in [-0.4, -0.2) is 42.5 Å². The molecule has 0 bridgehead atoms. The standard InChI is InChI=1S/C11H18ClNO2/c12-5-6-13(10-2-1-3-10)11(14)9-4-7-15-8-9/h9-10H,1-8H2. The molecule has 0 radical (unpaired) electrons. The molecule has 86 valence electrons. The predicted octanol–water partition coefficient (Wildman–Crippen LogP) is 1.64. The highest BCUT2D eigenvalue weighted by molar-refractivity contribution is 6.18. The Morgan fingerprint density at radius 3 is 2.67 bits per heavy atom. The molecule has 0 spiro atoms. The Morgan fingerprint density at radius 2 is 2.20 bits per heavy atom. The van der Waals surface area contributed by atoms with Crippen LogP contribution in [0.3, 0.4) is 0 Å². The van der Waals surface area contributed by atoms with Gasteiger partial charge >= 0.3 is 0 Å². The Kier molecular flexibility index (Phi) is 3.87. The van der Waals surface area contributed by atoms with Gasteiger partial charge in [0.05, 0.1) is 12.5 Å². The van der Waals surface area contributed by atoms with Crippen LogP contribution in [0.25, 0.3) is 0 Å². The molecule has 1 aliphatic carbocycles. The third kappa shape index (κ3) is 2.45. The summed E-state index contributed by atoms with van der Waals surface area (Å²) in [6, 6.07) is 0.455. The zero-order valence-corrected chi connectivity index (χ0v) is 9.71. The van der Waals surface area contributed by atoms with Crippen molar-refractivity contribution in [3.05, 3.63) is 0 Å². The zero-order chi connectivity index (χ0) is 10.7. The van der Waals surface area contributed by atoms with Crippen molar-refractivity contribution in [1.82, 2.24) is 4.90 Å². The van der Waals surface area contributed by atoms with Gasteiger partial charge in [0.2, 0.25) is 5.91 Å². The van der Waals surface area contributed by atoms with Crippen molar-refractivity contribution in [2.75, 3.05) is 25.6 Å². The first-order chi connectivity index (χ1) is 7.33. The van der Waals surface area contributed by atoms with Gasteiger partial charge < -0.3 is 9.64 Å². The van der Waals surface area contributed by atoms with Crippen molar-refractivity contribution in [2.24, 2.45) is 5.92 Å². The number of nitrogens with zero attached hydrogens (tertiary/aromatic N) is 1. The lowest BCUT2D eigenvalue weighted by Crippen LogP contribution is -2.47. The van der Waals surface area contributed by atoms with Gasteiger partial charge in [-0.05, 0) is 25.7 Å². The average molecular weight is 232 g/mol. The van der Waals surface area contributed by atoms with E-state index >= 15 is 0 Å². The van der Waals surface area contributed by atoms with E-state index in [-0.39, 0.29) is 11.8 Å². The molecule has 15 heavy (non-hydrogen) atoms. The van der Waals surface area contributed by atoms with Crippen LogP contribution < -0.4 is 0 Å². The number of ether oxygens (including phenoxy) is 1. The van der Waals surface area contributed by atoms with E-state index in [0.717, 1.165) is 25.9 Å². The Hall–Kier alpha value is -0.280. The van der Waals surface area contributed by atoms with Crippen LogP contribution in [0, 0.1) is 5.92 Å². The summed E-state index contributed by atoms with van der Waals surface area (Å²) in [5.41, 5.74) is 0. The molecule has 0 N–H and O–H groups in total. The van der Waals surface area contributed by atoms with Gasteiger partial charge in [-0.15, -0.1) is 11.6 Å². The smallest absolute Gasteiger partial charge is 0.228 e. The van der Waals surface area contributed by atoms with Crippen LogP contribution in [0.5, 0.6) is 0 Å². The van der Waals surface area contributed by atoms with Gasteiger partial charge in [0.25, 0.3) is 0 Å². The number of amides is 1. The molecule has 2 rings (SSSR count). The highest BCUT2D eigenvalue weighted by Gasteiger charge is 2.33. The first kappa shape index (κ1) is 11.2. The SMILES string of the molecule is O=C(C1CCOC1)N(CCCl)C1CCC1. The maximum Gasteiger partial charge on any atom is 0.228 e. The number of hydrogen-bond acceptors (Lipinski definition) is 2. The lowest BCUT2D eigenvalue weighted by Gasteiger charge is -2.38. The molecule has 0 aromatic carbocycles. The Morgan fingerprint density at radius 1 is 1.40 bits per heavy atom. The third-order valence-electron chi connectivity index (χ3n) is 3.40.